The average Bonchev–Trinajstić information content (AvgIpc) is 2.66. The minimum Gasteiger partial charge on any atom is -0.465 e. The summed E-state index contributed by atoms with van der Waals surface area (Å²) in [6, 6.07) is 24.2. The van der Waals surface area contributed by atoms with E-state index in [9.17, 15) is 4.79 Å². The summed E-state index contributed by atoms with van der Waals surface area (Å²) in [5.41, 5.74) is 2.49. The van der Waals surface area contributed by atoms with Crippen LogP contribution in [0.2, 0.25) is 0 Å². The Hall–Kier alpha value is -2.65. The van der Waals surface area contributed by atoms with Crippen LogP contribution in [0.5, 0.6) is 0 Å². The third kappa shape index (κ3) is 2.61. The molecule has 0 bridgehead atoms. The Balaban J connectivity index is 2.27. The van der Waals surface area contributed by atoms with E-state index in [1.165, 1.54) is 7.11 Å². The van der Waals surface area contributed by atoms with Crippen molar-refractivity contribution in [2.24, 2.45) is 0 Å². The summed E-state index contributed by atoms with van der Waals surface area (Å²) in [5, 5.41) is 4.13. The van der Waals surface area contributed by atoms with Crippen LogP contribution in [-0.2, 0) is 4.74 Å². The fraction of sp³-hybridized carbons (Fsp3) is 0.0455. The van der Waals surface area contributed by atoms with Crippen molar-refractivity contribution < 1.29 is 9.53 Å². The average molecular weight is 391 g/mol. The van der Waals surface area contributed by atoms with Gasteiger partial charge >= 0.3 is 5.97 Å². The predicted octanol–water partition coefficient (Wildman–Crippen LogP) is 6.21. The zero-order valence-corrected chi connectivity index (χ0v) is 15.2. The lowest BCUT2D eigenvalue weighted by Gasteiger charge is -2.16. The zero-order valence-electron chi connectivity index (χ0n) is 13.6. The Bertz CT molecular complexity index is 1120. The van der Waals surface area contributed by atoms with Crippen molar-refractivity contribution >= 4 is 43.4 Å². The highest BCUT2D eigenvalue weighted by Crippen LogP contribution is 2.39. The first kappa shape index (κ1) is 15.9. The summed E-state index contributed by atoms with van der Waals surface area (Å²) in [6.07, 6.45) is 0. The third-order valence-corrected chi connectivity index (χ3v) is 4.93. The van der Waals surface area contributed by atoms with Gasteiger partial charge in [-0.3, -0.25) is 0 Å². The molecule has 122 valence electrons. The molecular weight excluding hydrogens is 376 g/mol. The minimum absolute atomic E-state index is 0.322. The van der Waals surface area contributed by atoms with Crippen LogP contribution in [0.25, 0.3) is 32.7 Å². The highest BCUT2D eigenvalue weighted by molar-refractivity contribution is 9.10. The van der Waals surface area contributed by atoms with Gasteiger partial charge < -0.3 is 4.74 Å². The molecule has 0 saturated heterocycles. The number of hydrogen-bond donors (Lipinski definition) is 0. The van der Waals surface area contributed by atoms with Crippen molar-refractivity contribution in [2.75, 3.05) is 7.11 Å². The SMILES string of the molecule is COC(=O)c1c(-c2cccc(Br)c2)c2ccccc2c2ccccc12. The van der Waals surface area contributed by atoms with Gasteiger partial charge in [-0.05, 0) is 39.2 Å². The van der Waals surface area contributed by atoms with Crippen LogP contribution < -0.4 is 0 Å². The highest BCUT2D eigenvalue weighted by atomic mass is 79.9. The first-order valence-electron chi connectivity index (χ1n) is 7.98. The van der Waals surface area contributed by atoms with E-state index in [0.29, 0.717) is 5.56 Å². The van der Waals surface area contributed by atoms with Crippen molar-refractivity contribution in [3.63, 3.8) is 0 Å². The van der Waals surface area contributed by atoms with Crippen LogP contribution in [0.1, 0.15) is 10.4 Å². The maximum absolute atomic E-state index is 12.7. The second-order valence-electron chi connectivity index (χ2n) is 5.84. The van der Waals surface area contributed by atoms with E-state index in [1.54, 1.807) is 0 Å². The largest absolute Gasteiger partial charge is 0.465 e. The van der Waals surface area contributed by atoms with E-state index < -0.39 is 0 Å². The molecule has 0 fully saturated rings. The number of carbonyl (C=O) groups excluding carboxylic acids is 1. The lowest BCUT2D eigenvalue weighted by molar-refractivity contribution is 0.0604. The quantitative estimate of drug-likeness (QED) is 0.300. The van der Waals surface area contributed by atoms with Crippen LogP contribution in [-0.4, -0.2) is 13.1 Å². The molecule has 0 aliphatic heterocycles. The Morgan fingerprint density at radius 1 is 0.800 bits per heavy atom. The van der Waals surface area contributed by atoms with Crippen molar-refractivity contribution in [2.45, 2.75) is 0 Å². The molecule has 3 heteroatoms. The zero-order chi connectivity index (χ0) is 17.4. The smallest absolute Gasteiger partial charge is 0.339 e. The molecule has 0 unspecified atom stereocenters. The number of ether oxygens (including phenoxy) is 1. The normalized spacial score (nSPS) is 11.0. The minimum atomic E-state index is -0.322. The van der Waals surface area contributed by atoms with Crippen LogP contribution in [0, 0.1) is 0 Å². The summed E-state index contributed by atoms with van der Waals surface area (Å²) in [6.45, 7) is 0. The topological polar surface area (TPSA) is 26.3 Å². The van der Waals surface area contributed by atoms with Gasteiger partial charge in [0.05, 0.1) is 12.7 Å². The fourth-order valence-corrected chi connectivity index (χ4v) is 3.80. The molecule has 0 amide bonds. The standard InChI is InChI=1S/C22H15BrO2/c1-25-22(24)21-19-12-5-3-10-17(19)16-9-2-4-11-18(16)20(21)14-7-6-8-15(23)13-14/h2-13H,1H3. The molecule has 0 aliphatic carbocycles. The Kier molecular flexibility index (Phi) is 4.02. The van der Waals surface area contributed by atoms with E-state index >= 15 is 0 Å². The molecule has 4 rings (SSSR count). The number of rotatable bonds is 2. The number of fused-ring (bicyclic) bond motifs is 3. The number of methoxy groups -OCH3 is 1. The van der Waals surface area contributed by atoms with Gasteiger partial charge in [0.25, 0.3) is 0 Å². The molecule has 4 aromatic rings. The summed E-state index contributed by atoms with van der Waals surface area (Å²) in [4.78, 5) is 12.7. The summed E-state index contributed by atoms with van der Waals surface area (Å²) in [5.74, 6) is -0.322. The van der Waals surface area contributed by atoms with Gasteiger partial charge in [0, 0.05) is 10.0 Å². The van der Waals surface area contributed by atoms with Crippen LogP contribution in [0.3, 0.4) is 0 Å². The summed E-state index contributed by atoms with van der Waals surface area (Å²) in [7, 11) is 1.43. The lowest BCUT2D eigenvalue weighted by atomic mass is 9.88. The van der Waals surface area contributed by atoms with Crippen molar-refractivity contribution in [3.05, 3.63) is 82.8 Å². The van der Waals surface area contributed by atoms with Crippen molar-refractivity contribution in [3.8, 4) is 11.1 Å². The number of esters is 1. The Labute approximate surface area is 154 Å². The van der Waals surface area contributed by atoms with E-state index in [2.05, 4.69) is 34.1 Å². The molecule has 0 spiro atoms. The third-order valence-electron chi connectivity index (χ3n) is 4.44. The van der Waals surface area contributed by atoms with Gasteiger partial charge in [0.2, 0.25) is 0 Å². The number of carbonyl (C=O) groups is 1. The van der Waals surface area contributed by atoms with Crippen LogP contribution in [0.4, 0.5) is 0 Å². The molecule has 4 aromatic carbocycles. The summed E-state index contributed by atoms with van der Waals surface area (Å²) >= 11 is 3.54. The van der Waals surface area contributed by atoms with Gasteiger partial charge in [-0.25, -0.2) is 4.79 Å². The highest BCUT2D eigenvalue weighted by Gasteiger charge is 2.21. The second-order valence-corrected chi connectivity index (χ2v) is 6.76. The maximum Gasteiger partial charge on any atom is 0.339 e. The first-order chi connectivity index (χ1) is 12.2. The number of halogens is 1. The van der Waals surface area contributed by atoms with E-state index in [4.69, 9.17) is 4.74 Å². The second kappa shape index (κ2) is 6.34. The van der Waals surface area contributed by atoms with E-state index in [1.807, 2.05) is 54.6 Å². The molecule has 0 radical (unpaired) electrons. The van der Waals surface area contributed by atoms with Crippen LogP contribution >= 0.6 is 15.9 Å². The van der Waals surface area contributed by atoms with Crippen molar-refractivity contribution in [1.29, 1.82) is 0 Å². The molecule has 0 atom stereocenters. The Morgan fingerprint density at radius 3 is 2.04 bits per heavy atom. The molecule has 0 heterocycles. The van der Waals surface area contributed by atoms with Gasteiger partial charge in [0.1, 0.15) is 0 Å². The maximum atomic E-state index is 12.7. The van der Waals surface area contributed by atoms with Gasteiger partial charge in [0.15, 0.2) is 0 Å². The predicted molar refractivity (Wildman–Crippen MR) is 106 cm³/mol. The molecule has 0 aromatic heterocycles. The number of benzene rings is 4. The van der Waals surface area contributed by atoms with E-state index in [-0.39, 0.29) is 5.97 Å². The summed E-state index contributed by atoms with van der Waals surface area (Å²) < 4.78 is 6.11. The van der Waals surface area contributed by atoms with Gasteiger partial charge in [-0.2, -0.15) is 0 Å². The van der Waals surface area contributed by atoms with Crippen molar-refractivity contribution in [1.82, 2.24) is 0 Å². The molecule has 0 aliphatic rings. The molecule has 2 nitrogen and oxygen atoms in total. The lowest BCUT2D eigenvalue weighted by Crippen LogP contribution is -2.05. The van der Waals surface area contributed by atoms with Gasteiger partial charge in [-0.15, -0.1) is 0 Å². The van der Waals surface area contributed by atoms with E-state index in [0.717, 1.165) is 37.1 Å². The molecule has 0 N–H and O–H groups in total. The Morgan fingerprint density at radius 2 is 1.40 bits per heavy atom. The molecule has 0 saturated carbocycles. The molecular formula is C22H15BrO2. The fourth-order valence-electron chi connectivity index (χ4n) is 3.40. The molecule has 25 heavy (non-hydrogen) atoms. The van der Waals surface area contributed by atoms with Crippen LogP contribution in [0.15, 0.2) is 77.3 Å². The monoisotopic (exact) mass is 390 g/mol. The number of hydrogen-bond acceptors (Lipinski definition) is 2. The van der Waals surface area contributed by atoms with Gasteiger partial charge in [-0.1, -0.05) is 76.6 Å². The first-order valence-corrected chi connectivity index (χ1v) is 8.77.